The summed E-state index contributed by atoms with van der Waals surface area (Å²) in [6.45, 7) is 0.454. The average molecular weight is 322 g/mol. The number of amides is 1. The maximum atomic E-state index is 10.9. The highest BCUT2D eigenvalue weighted by molar-refractivity contribution is 7.99. The molecule has 1 N–H and O–H groups in total. The summed E-state index contributed by atoms with van der Waals surface area (Å²) in [5.74, 6) is 0.777. The smallest absolute Gasteiger partial charge is 0.407 e. The molecule has 114 valence electrons. The first-order chi connectivity index (χ1) is 10.6. The van der Waals surface area contributed by atoms with Gasteiger partial charge in [-0.25, -0.2) is 4.79 Å². The van der Waals surface area contributed by atoms with Crippen LogP contribution in [0.4, 0.5) is 10.5 Å². The Morgan fingerprint density at radius 3 is 2.77 bits per heavy atom. The summed E-state index contributed by atoms with van der Waals surface area (Å²) in [4.78, 5) is 21.0. The summed E-state index contributed by atoms with van der Waals surface area (Å²) in [6.07, 6.45) is -0.657. The normalized spacial score (nSPS) is 17.1. The molecule has 9 nitrogen and oxygen atoms in total. The van der Waals surface area contributed by atoms with E-state index in [9.17, 15) is 14.9 Å². The van der Waals surface area contributed by atoms with Crippen LogP contribution in [-0.2, 0) is 4.74 Å². The fourth-order valence-corrected chi connectivity index (χ4v) is 2.55. The van der Waals surface area contributed by atoms with Gasteiger partial charge >= 0.3 is 6.09 Å². The molecule has 1 aromatic carbocycles. The molecule has 0 saturated carbocycles. The molecule has 2 heterocycles. The largest absolute Gasteiger partial charge is 0.443 e. The van der Waals surface area contributed by atoms with Crippen molar-refractivity contribution in [1.82, 2.24) is 15.5 Å². The van der Waals surface area contributed by atoms with E-state index in [2.05, 4.69) is 15.5 Å². The van der Waals surface area contributed by atoms with Crippen LogP contribution in [0.15, 0.2) is 33.9 Å². The molecular formula is C12H10N4O5S. The molecule has 1 saturated heterocycles. The second-order valence-electron chi connectivity index (χ2n) is 4.40. The van der Waals surface area contributed by atoms with E-state index in [1.54, 1.807) is 12.1 Å². The summed E-state index contributed by atoms with van der Waals surface area (Å²) >= 11 is 1.28. The zero-order valence-electron chi connectivity index (χ0n) is 11.1. The van der Waals surface area contributed by atoms with Crippen molar-refractivity contribution in [2.75, 3.05) is 12.3 Å². The van der Waals surface area contributed by atoms with Crippen LogP contribution < -0.4 is 5.32 Å². The number of hydrogen-bond donors (Lipinski definition) is 1. The summed E-state index contributed by atoms with van der Waals surface area (Å²) < 4.78 is 10.5. The lowest BCUT2D eigenvalue weighted by atomic mass is 10.2. The Balaban J connectivity index is 1.63. The Labute approximate surface area is 128 Å². The van der Waals surface area contributed by atoms with Crippen LogP contribution in [0.1, 0.15) is 0 Å². The Hall–Kier alpha value is -2.62. The Kier molecular flexibility index (Phi) is 3.92. The number of carbonyl (C=O) groups excluding carboxylic acids is 1. The molecule has 0 unspecified atom stereocenters. The van der Waals surface area contributed by atoms with Gasteiger partial charge in [0, 0.05) is 23.4 Å². The van der Waals surface area contributed by atoms with Crippen LogP contribution in [-0.4, -0.2) is 39.6 Å². The zero-order valence-corrected chi connectivity index (χ0v) is 11.9. The lowest BCUT2D eigenvalue weighted by molar-refractivity contribution is -0.384. The van der Waals surface area contributed by atoms with Crippen LogP contribution in [0.5, 0.6) is 0 Å². The number of thioether (sulfide) groups is 1. The molecule has 1 amide bonds. The van der Waals surface area contributed by atoms with Gasteiger partial charge in [0.15, 0.2) is 0 Å². The number of nitrogens with zero attached hydrogens (tertiary/aromatic N) is 3. The highest BCUT2D eigenvalue weighted by atomic mass is 32.2. The van der Waals surface area contributed by atoms with Gasteiger partial charge in [0.1, 0.15) is 6.10 Å². The van der Waals surface area contributed by atoms with E-state index in [-0.39, 0.29) is 17.7 Å². The molecule has 0 bridgehead atoms. The number of ether oxygens (including phenoxy) is 1. The molecule has 3 rings (SSSR count). The third-order valence-electron chi connectivity index (χ3n) is 2.87. The first-order valence-electron chi connectivity index (χ1n) is 6.27. The Morgan fingerprint density at radius 2 is 2.14 bits per heavy atom. The predicted octanol–water partition coefficient (Wildman–Crippen LogP) is 1.85. The third-order valence-corrected chi connectivity index (χ3v) is 3.82. The van der Waals surface area contributed by atoms with Crippen molar-refractivity contribution >= 4 is 23.5 Å². The van der Waals surface area contributed by atoms with Gasteiger partial charge in [0.25, 0.3) is 10.9 Å². The Bertz CT molecular complexity index is 702. The fourth-order valence-electron chi connectivity index (χ4n) is 1.80. The van der Waals surface area contributed by atoms with Crippen molar-refractivity contribution in [3.05, 3.63) is 34.4 Å². The number of non-ortho nitro benzene ring substituents is 1. The van der Waals surface area contributed by atoms with Crippen molar-refractivity contribution in [1.29, 1.82) is 0 Å². The summed E-state index contributed by atoms with van der Waals surface area (Å²) in [5.41, 5.74) is 0.590. The second kappa shape index (κ2) is 6.02. The van der Waals surface area contributed by atoms with E-state index >= 15 is 0 Å². The van der Waals surface area contributed by atoms with Crippen LogP contribution in [0.2, 0.25) is 0 Å². The van der Waals surface area contributed by atoms with Crippen LogP contribution in [0.3, 0.4) is 0 Å². The number of aromatic nitrogens is 2. The van der Waals surface area contributed by atoms with Gasteiger partial charge in [-0.2, -0.15) is 0 Å². The van der Waals surface area contributed by atoms with Gasteiger partial charge < -0.3 is 14.5 Å². The van der Waals surface area contributed by atoms with Gasteiger partial charge in [0.05, 0.1) is 11.5 Å². The van der Waals surface area contributed by atoms with E-state index in [0.717, 1.165) is 0 Å². The number of nitro groups is 1. The molecule has 1 fully saturated rings. The van der Waals surface area contributed by atoms with Gasteiger partial charge in [-0.3, -0.25) is 10.1 Å². The van der Waals surface area contributed by atoms with E-state index in [1.165, 1.54) is 23.9 Å². The minimum Gasteiger partial charge on any atom is -0.443 e. The number of alkyl carbamates (subject to hydrolysis) is 1. The molecule has 1 aliphatic rings. The fraction of sp³-hybridized carbons (Fsp3) is 0.250. The molecule has 2 aromatic rings. The number of cyclic esters (lactones) is 1. The lowest BCUT2D eigenvalue weighted by Gasteiger charge is -2.03. The second-order valence-corrected chi connectivity index (χ2v) is 5.37. The highest BCUT2D eigenvalue weighted by Gasteiger charge is 2.23. The van der Waals surface area contributed by atoms with Crippen LogP contribution in [0.25, 0.3) is 11.5 Å². The molecule has 1 aliphatic heterocycles. The Morgan fingerprint density at radius 1 is 1.36 bits per heavy atom. The van der Waals surface area contributed by atoms with Crippen molar-refractivity contribution < 1.29 is 18.9 Å². The number of nitro benzene ring substituents is 1. The molecule has 1 aromatic heterocycles. The minimum absolute atomic E-state index is 0.00610. The minimum atomic E-state index is -0.476. The van der Waals surface area contributed by atoms with Crippen molar-refractivity contribution in [3.63, 3.8) is 0 Å². The topological polar surface area (TPSA) is 120 Å². The summed E-state index contributed by atoms with van der Waals surface area (Å²) in [7, 11) is 0. The molecule has 0 radical (unpaired) electrons. The third kappa shape index (κ3) is 3.17. The van der Waals surface area contributed by atoms with E-state index in [4.69, 9.17) is 9.15 Å². The molecule has 22 heavy (non-hydrogen) atoms. The highest BCUT2D eigenvalue weighted by Crippen LogP contribution is 2.25. The SMILES string of the molecule is O=C1NC[C@@H](CSc2nnc(-c3ccc([N+](=O)[O-])cc3)o2)O1. The standard InChI is InChI=1S/C12H10N4O5S/c17-11-13-5-9(20-11)6-22-12-15-14-10(21-12)7-1-3-8(4-2-7)16(18)19/h1-4,9H,5-6H2,(H,13,17)/t9-/m0/s1. The molecular weight excluding hydrogens is 312 g/mol. The molecule has 1 atom stereocenters. The van der Waals surface area contributed by atoms with Crippen molar-refractivity contribution in [2.24, 2.45) is 0 Å². The summed E-state index contributed by atoms with van der Waals surface area (Å²) in [5, 5.41) is 21.3. The quantitative estimate of drug-likeness (QED) is 0.503. The first kappa shape index (κ1) is 14.3. The average Bonchev–Trinajstić information content (AvgIpc) is 3.14. The molecule has 0 aliphatic carbocycles. The predicted molar refractivity (Wildman–Crippen MR) is 75.4 cm³/mol. The number of benzene rings is 1. The molecule has 0 spiro atoms. The first-order valence-corrected chi connectivity index (χ1v) is 7.26. The van der Waals surface area contributed by atoms with Crippen molar-refractivity contribution in [2.45, 2.75) is 11.3 Å². The van der Waals surface area contributed by atoms with Crippen molar-refractivity contribution in [3.8, 4) is 11.5 Å². The van der Waals surface area contributed by atoms with Gasteiger partial charge in [-0.05, 0) is 12.1 Å². The van der Waals surface area contributed by atoms with Gasteiger partial charge in [0.2, 0.25) is 5.89 Å². The lowest BCUT2D eigenvalue weighted by Crippen LogP contribution is -2.16. The monoisotopic (exact) mass is 322 g/mol. The maximum absolute atomic E-state index is 10.9. The van der Waals surface area contributed by atoms with Gasteiger partial charge in [-0.1, -0.05) is 11.8 Å². The maximum Gasteiger partial charge on any atom is 0.407 e. The zero-order chi connectivity index (χ0) is 15.5. The van der Waals surface area contributed by atoms with Crippen LogP contribution >= 0.6 is 11.8 Å². The van der Waals surface area contributed by atoms with E-state index < -0.39 is 11.0 Å². The number of rotatable bonds is 5. The number of carbonyl (C=O) groups is 1. The number of hydrogen-bond acceptors (Lipinski definition) is 8. The number of nitrogens with one attached hydrogen (secondary N) is 1. The van der Waals surface area contributed by atoms with E-state index in [0.29, 0.717) is 23.1 Å². The van der Waals surface area contributed by atoms with Gasteiger partial charge in [-0.15, -0.1) is 10.2 Å². The molecule has 10 heteroatoms. The van der Waals surface area contributed by atoms with E-state index in [1.807, 2.05) is 0 Å². The summed E-state index contributed by atoms with van der Waals surface area (Å²) in [6, 6.07) is 5.83. The van der Waals surface area contributed by atoms with Crippen LogP contribution in [0, 0.1) is 10.1 Å².